The van der Waals surface area contributed by atoms with Crippen molar-refractivity contribution in [3.63, 3.8) is 0 Å². The van der Waals surface area contributed by atoms with Gasteiger partial charge in [-0.15, -0.1) is 10.0 Å². The first kappa shape index (κ1) is 21.2. The number of carbonyl (C=O) groups is 3. The van der Waals surface area contributed by atoms with Gasteiger partial charge in [0.2, 0.25) is 0 Å². The summed E-state index contributed by atoms with van der Waals surface area (Å²) in [4.78, 5) is 46.8. The standard InChI is InChI=1S/C17H22N4O7/c1-7(27-5)12-11-9(18-16(25)28-17(2,3)4)6-8(14(22)21-26)10(11)13(15(23)24)20-19-12/h8-11H,1,6H2,2-5H3,(H,18,25)(H,23,24)/t8-,9+,10?,11?/m0/s1. The predicted octanol–water partition coefficient (Wildman–Crippen LogP) is 1.48. The molecule has 2 amide bonds. The highest BCUT2D eigenvalue weighted by Crippen LogP contribution is 2.43. The van der Waals surface area contributed by atoms with Crippen molar-refractivity contribution in [2.24, 2.45) is 33.1 Å². The maximum atomic E-state index is 12.3. The molecule has 11 nitrogen and oxygen atoms in total. The lowest BCUT2D eigenvalue weighted by molar-refractivity contribution is -0.129. The quantitative estimate of drug-likeness (QED) is 0.528. The van der Waals surface area contributed by atoms with Crippen LogP contribution in [0.2, 0.25) is 0 Å². The number of rotatable bonds is 5. The summed E-state index contributed by atoms with van der Waals surface area (Å²) in [5.74, 6) is -5.23. The number of nitrogens with zero attached hydrogens (tertiary/aromatic N) is 3. The van der Waals surface area contributed by atoms with Crippen LogP contribution in [0.25, 0.3) is 0 Å². The van der Waals surface area contributed by atoms with Gasteiger partial charge in [-0.25, -0.2) is 9.59 Å². The molecule has 1 aliphatic heterocycles. The largest absolute Gasteiger partial charge is 0.495 e. The molecule has 1 fully saturated rings. The molecule has 1 heterocycles. The molecule has 2 aliphatic rings. The van der Waals surface area contributed by atoms with E-state index in [1.54, 1.807) is 20.8 Å². The summed E-state index contributed by atoms with van der Waals surface area (Å²) in [5, 5.41) is 22.1. The van der Waals surface area contributed by atoms with E-state index >= 15 is 0 Å². The molecule has 0 aromatic rings. The average molecular weight is 394 g/mol. The molecule has 11 heteroatoms. The van der Waals surface area contributed by atoms with Gasteiger partial charge >= 0.3 is 12.1 Å². The smallest absolute Gasteiger partial charge is 0.407 e. The summed E-state index contributed by atoms with van der Waals surface area (Å²) in [6.45, 7) is 8.75. The number of carboxylic acids is 1. The number of aliphatic carboxylic acids is 1. The van der Waals surface area contributed by atoms with Crippen LogP contribution in [0.3, 0.4) is 0 Å². The fourth-order valence-electron chi connectivity index (χ4n) is 3.49. The van der Waals surface area contributed by atoms with Crippen molar-refractivity contribution in [1.29, 1.82) is 0 Å². The molecule has 0 radical (unpaired) electrons. The number of fused-ring (bicyclic) bond motifs is 1. The molecule has 2 N–H and O–H groups in total. The van der Waals surface area contributed by atoms with Gasteiger partial charge in [-0.1, -0.05) is 6.58 Å². The van der Waals surface area contributed by atoms with E-state index in [0.29, 0.717) is 0 Å². The van der Waals surface area contributed by atoms with Crippen molar-refractivity contribution in [2.45, 2.75) is 38.8 Å². The molecule has 4 atom stereocenters. The number of allylic oxidation sites excluding steroid dienone is 1. The number of carbonyl (C=O) groups excluding carboxylic acids is 2. The summed E-state index contributed by atoms with van der Waals surface area (Å²) in [6.07, 6.45) is -0.799. The molecular weight excluding hydrogens is 372 g/mol. The normalized spacial score (nSPS) is 26.3. The first-order chi connectivity index (χ1) is 13.0. The lowest BCUT2D eigenvalue weighted by Gasteiger charge is -2.30. The van der Waals surface area contributed by atoms with Gasteiger partial charge in [0.25, 0.3) is 5.91 Å². The Labute approximate surface area is 160 Å². The number of ether oxygens (including phenoxy) is 2. The van der Waals surface area contributed by atoms with E-state index in [1.165, 1.54) is 7.11 Å². The molecule has 0 aromatic carbocycles. The Morgan fingerprint density at radius 3 is 2.32 bits per heavy atom. The van der Waals surface area contributed by atoms with Crippen LogP contribution in [0, 0.1) is 22.7 Å². The van der Waals surface area contributed by atoms with Crippen LogP contribution in [-0.4, -0.2) is 53.3 Å². The van der Waals surface area contributed by atoms with Crippen molar-refractivity contribution in [3.8, 4) is 0 Å². The highest BCUT2D eigenvalue weighted by atomic mass is 16.6. The summed E-state index contributed by atoms with van der Waals surface area (Å²) >= 11 is 0. The number of amides is 2. The second-order valence-electron chi connectivity index (χ2n) is 7.48. The van der Waals surface area contributed by atoms with E-state index in [4.69, 9.17) is 9.47 Å². The van der Waals surface area contributed by atoms with Gasteiger partial charge in [-0.3, -0.25) is 4.79 Å². The number of alkyl carbamates (subject to hydrolysis) is 1. The van der Waals surface area contributed by atoms with Gasteiger partial charge in [0.15, 0.2) is 5.71 Å². The van der Waals surface area contributed by atoms with Crippen LogP contribution in [0.4, 0.5) is 4.79 Å². The van der Waals surface area contributed by atoms with Gasteiger partial charge in [-0.05, 0) is 27.2 Å². The van der Waals surface area contributed by atoms with E-state index in [-0.39, 0.29) is 17.9 Å². The average Bonchev–Trinajstić information content (AvgIpc) is 2.97. The Hall–Kier alpha value is -3.11. The van der Waals surface area contributed by atoms with Gasteiger partial charge in [0.05, 0.1) is 13.0 Å². The maximum absolute atomic E-state index is 12.3. The summed E-state index contributed by atoms with van der Waals surface area (Å²) in [6, 6.07) is -0.772. The Bertz CT molecular complexity index is 781. The second kappa shape index (κ2) is 7.87. The van der Waals surface area contributed by atoms with Crippen LogP contribution in [-0.2, 0) is 19.1 Å². The Morgan fingerprint density at radius 2 is 1.82 bits per heavy atom. The highest BCUT2D eigenvalue weighted by Gasteiger charge is 2.55. The molecule has 0 saturated heterocycles. The van der Waals surface area contributed by atoms with E-state index < -0.39 is 53.1 Å². The summed E-state index contributed by atoms with van der Waals surface area (Å²) in [5.41, 5.74) is -0.984. The fraction of sp³-hybridized carbons (Fsp3) is 0.588. The zero-order valence-corrected chi connectivity index (χ0v) is 16.0. The molecule has 2 unspecified atom stereocenters. The summed E-state index contributed by atoms with van der Waals surface area (Å²) < 4.78 is 10.3. The number of hydrogen-bond acceptors (Lipinski definition) is 8. The predicted molar refractivity (Wildman–Crippen MR) is 97.7 cm³/mol. The molecule has 2 rings (SSSR count). The van der Waals surface area contributed by atoms with Gasteiger partial charge in [0, 0.05) is 23.1 Å². The fourth-order valence-corrected chi connectivity index (χ4v) is 3.49. The van der Waals surface area contributed by atoms with Gasteiger partial charge < -0.3 is 19.9 Å². The number of nitroso groups, excluding NO2 is 1. The van der Waals surface area contributed by atoms with E-state index in [2.05, 4.69) is 27.3 Å². The third kappa shape index (κ3) is 4.24. The molecule has 1 saturated carbocycles. The van der Waals surface area contributed by atoms with Crippen LogP contribution >= 0.6 is 0 Å². The van der Waals surface area contributed by atoms with Crippen molar-refractivity contribution in [2.75, 3.05) is 7.11 Å². The molecule has 0 bridgehead atoms. The minimum atomic E-state index is -1.39. The van der Waals surface area contributed by atoms with E-state index in [1.807, 2.05) is 0 Å². The monoisotopic (exact) mass is 394 g/mol. The van der Waals surface area contributed by atoms with Gasteiger partial charge in [0.1, 0.15) is 17.1 Å². The molecule has 152 valence electrons. The minimum absolute atomic E-state index is 0.0402. The van der Waals surface area contributed by atoms with Crippen molar-refractivity contribution in [3.05, 3.63) is 17.2 Å². The first-order valence-electron chi connectivity index (χ1n) is 8.48. The zero-order valence-electron chi connectivity index (χ0n) is 16.0. The number of hydrogen-bond donors (Lipinski definition) is 2. The molecule has 0 aromatic heterocycles. The van der Waals surface area contributed by atoms with Crippen LogP contribution in [0.15, 0.2) is 27.7 Å². The number of methoxy groups -OCH3 is 1. The Kier molecular flexibility index (Phi) is 5.95. The first-order valence-corrected chi connectivity index (χ1v) is 8.48. The van der Waals surface area contributed by atoms with Crippen molar-refractivity contribution in [1.82, 2.24) is 5.32 Å². The maximum Gasteiger partial charge on any atom is 0.407 e. The third-order valence-electron chi connectivity index (χ3n) is 4.52. The molecule has 28 heavy (non-hydrogen) atoms. The Morgan fingerprint density at radius 1 is 1.21 bits per heavy atom. The van der Waals surface area contributed by atoms with E-state index in [0.717, 1.165) is 0 Å². The van der Waals surface area contributed by atoms with Crippen LogP contribution in [0.1, 0.15) is 27.2 Å². The number of carboxylic acid groups (broad SMARTS) is 1. The summed E-state index contributed by atoms with van der Waals surface area (Å²) in [7, 11) is 1.34. The topological polar surface area (TPSA) is 156 Å². The lowest BCUT2D eigenvalue weighted by Crippen LogP contribution is -2.47. The Balaban J connectivity index is 2.46. The zero-order chi connectivity index (χ0) is 21.2. The molecule has 0 spiro atoms. The highest BCUT2D eigenvalue weighted by molar-refractivity contribution is 6.38. The van der Waals surface area contributed by atoms with Crippen LogP contribution in [0.5, 0.6) is 0 Å². The second-order valence-corrected chi connectivity index (χ2v) is 7.48. The van der Waals surface area contributed by atoms with Crippen molar-refractivity contribution < 1.29 is 29.0 Å². The van der Waals surface area contributed by atoms with E-state index in [9.17, 15) is 24.4 Å². The molecule has 1 aliphatic carbocycles. The molecular formula is C17H22N4O7. The SMILES string of the molecule is C=C(OC)C1=NN=C(C(=O)O)C2C1[C@H](NC(=O)OC(C)(C)C)C[C@@H]2C(=O)N=O. The van der Waals surface area contributed by atoms with Gasteiger partial charge in [-0.2, -0.15) is 5.10 Å². The third-order valence-corrected chi connectivity index (χ3v) is 4.52. The van der Waals surface area contributed by atoms with Crippen molar-refractivity contribution >= 4 is 29.4 Å². The lowest BCUT2D eigenvalue weighted by atomic mass is 9.80. The number of nitrogens with one attached hydrogen (secondary N) is 1. The minimum Gasteiger partial charge on any atom is -0.495 e. The van der Waals surface area contributed by atoms with Crippen LogP contribution < -0.4 is 5.32 Å².